The summed E-state index contributed by atoms with van der Waals surface area (Å²) in [5.41, 5.74) is 25.5. The number of fused-ring (bicyclic) bond motifs is 12. The Kier molecular flexibility index (Phi) is 9.29. The zero-order valence-electron chi connectivity index (χ0n) is 44.7. The normalized spacial score (nSPS) is 17.7. The minimum atomic E-state index is -0.290. The number of benzene rings is 8. The van der Waals surface area contributed by atoms with Crippen molar-refractivity contribution < 1.29 is 4.42 Å². The van der Waals surface area contributed by atoms with Crippen molar-refractivity contribution >= 4 is 99.7 Å². The van der Waals surface area contributed by atoms with Gasteiger partial charge in [-0.25, -0.2) is 0 Å². The SMILES string of the molecule is Cc1cc(C)c(-c2cc3c4c(c2)N(c2cc5c(cc2C)C(C)(C)CCC5(C)C)c2c(oc5cc6c(cc25)C(C)(C)CCC6(C)C)B4N(c2cccc4sc5ccccc5c24)c2cc4ccccc4cc2-3)c(C)c1. The molecule has 0 amide bonds. The molecule has 0 saturated carbocycles. The monoisotopic (exact) mass is 968 g/mol. The van der Waals surface area contributed by atoms with Crippen molar-refractivity contribution in [3.05, 3.63) is 172 Å². The molecule has 2 aliphatic carbocycles. The van der Waals surface area contributed by atoms with E-state index in [1.54, 1.807) is 0 Å². The third kappa shape index (κ3) is 6.36. The van der Waals surface area contributed by atoms with Gasteiger partial charge in [-0.15, -0.1) is 11.3 Å². The van der Waals surface area contributed by atoms with Crippen molar-refractivity contribution in [3.8, 4) is 22.3 Å². The summed E-state index contributed by atoms with van der Waals surface area (Å²) in [7, 11) is 0. The highest BCUT2D eigenvalue weighted by Crippen LogP contribution is 2.57. The molecule has 14 rings (SSSR count). The van der Waals surface area contributed by atoms with Gasteiger partial charge < -0.3 is 14.1 Å². The van der Waals surface area contributed by atoms with Gasteiger partial charge in [0, 0.05) is 53.9 Å². The molecule has 0 fully saturated rings. The highest BCUT2D eigenvalue weighted by Gasteiger charge is 2.51. The van der Waals surface area contributed by atoms with Gasteiger partial charge in [-0.2, -0.15) is 0 Å². The molecule has 362 valence electrons. The van der Waals surface area contributed by atoms with Crippen LogP contribution in [-0.2, 0) is 21.7 Å². The zero-order chi connectivity index (χ0) is 50.4. The van der Waals surface area contributed by atoms with Crippen LogP contribution in [0.15, 0.2) is 132 Å². The molecule has 2 aliphatic heterocycles. The number of rotatable bonds is 3. The summed E-state index contributed by atoms with van der Waals surface area (Å²) >= 11 is 1.89. The van der Waals surface area contributed by atoms with Gasteiger partial charge in [0.25, 0.3) is 0 Å². The fourth-order valence-electron chi connectivity index (χ4n) is 14.4. The maximum atomic E-state index is 7.87. The van der Waals surface area contributed by atoms with E-state index >= 15 is 0 Å². The van der Waals surface area contributed by atoms with Crippen LogP contribution in [0.25, 0.3) is 64.2 Å². The largest absolute Gasteiger partial charge is 0.466 e. The van der Waals surface area contributed by atoms with E-state index in [1.165, 1.54) is 143 Å². The fourth-order valence-corrected chi connectivity index (χ4v) is 15.5. The quantitative estimate of drug-likeness (QED) is 0.165. The number of hydrogen-bond acceptors (Lipinski definition) is 4. The van der Waals surface area contributed by atoms with E-state index in [4.69, 9.17) is 4.42 Å². The summed E-state index contributed by atoms with van der Waals surface area (Å²) in [5, 5.41) is 6.25. The maximum Gasteiger partial charge on any atom is 0.375 e. The second kappa shape index (κ2) is 15.0. The fraction of sp³-hybridized carbons (Fsp3) is 0.294. The molecular formula is C68H65BN2OS. The minimum absolute atomic E-state index is 0.00526. The molecule has 5 heteroatoms. The molecular weight excluding hydrogens is 904 g/mol. The van der Waals surface area contributed by atoms with Crippen LogP contribution in [0.4, 0.5) is 28.4 Å². The molecule has 4 heterocycles. The van der Waals surface area contributed by atoms with E-state index in [1.807, 2.05) is 11.3 Å². The lowest BCUT2D eigenvalue weighted by atomic mass is 9.45. The lowest BCUT2D eigenvalue weighted by Crippen LogP contribution is -2.61. The summed E-state index contributed by atoms with van der Waals surface area (Å²) in [5.74, 6) is 0. The Morgan fingerprint density at radius 1 is 0.493 bits per heavy atom. The summed E-state index contributed by atoms with van der Waals surface area (Å²) < 4.78 is 10.5. The molecule has 0 spiro atoms. The second-order valence-corrected chi connectivity index (χ2v) is 26.3. The molecule has 0 N–H and O–H groups in total. The van der Waals surface area contributed by atoms with Crippen LogP contribution in [0.1, 0.15) is 126 Å². The summed E-state index contributed by atoms with van der Waals surface area (Å²) in [4.78, 5) is 5.40. The van der Waals surface area contributed by atoms with Gasteiger partial charge in [-0.05, 0) is 208 Å². The Labute approximate surface area is 436 Å². The number of furan rings is 1. The van der Waals surface area contributed by atoms with E-state index in [0.717, 1.165) is 30.5 Å². The first-order valence-corrected chi connectivity index (χ1v) is 27.7. The van der Waals surface area contributed by atoms with E-state index in [0.29, 0.717) is 0 Å². The molecule has 0 saturated heterocycles. The van der Waals surface area contributed by atoms with Gasteiger partial charge in [0.2, 0.25) is 0 Å². The number of aryl methyl sites for hydroxylation is 4. The van der Waals surface area contributed by atoms with Gasteiger partial charge >= 0.3 is 6.85 Å². The van der Waals surface area contributed by atoms with Crippen LogP contribution in [-0.4, -0.2) is 6.85 Å². The van der Waals surface area contributed by atoms with Crippen molar-refractivity contribution in [2.45, 2.75) is 130 Å². The highest BCUT2D eigenvalue weighted by molar-refractivity contribution is 7.26. The smallest absolute Gasteiger partial charge is 0.375 e. The van der Waals surface area contributed by atoms with Gasteiger partial charge in [-0.3, -0.25) is 0 Å². The van der Waals surface area contributed by atoms with Crippen molar-refractivity contribution in [1.82, 2.24) is 0 Å². The molecule has 0 bridgehead atoms. The van der Waals surface area contributed by atoms with Crippen LogP contribution < -0.4 is 20.8 Å². The predicted octanol–water partition coefficient (Wildman–Crippen LogP) is 18.3. The molecule has 2 aromatic heterocycles. The highest BCUT2D eigenvalue weighted by atomic mass is 32.1. The molecule has 4 aliphatic rings. The number of thiophene rings is 1. The first-order chi connectivity index (χ1) is 34.8. The number of nitrogens with zero attached hydrogens (tertiary/aromatic N) is 2. The first-order valence-electron chi connectivity index (χ1n) is 26.9. The van der Waals surface area contributed by atoms with Crippen molar-refractivity contribution in [3.63, 3.8) is 0 Å². The summed E-state index contributed by atoms with van der Waals surface area (Å²) in [6, 6.07) is 50.0. The molecule has 10 aromatic rings. The minimum Gasteiger partial charge on any atom is -0.466 e. The van der Waals surface area contributed by atoms with Crippen LogP contribution in [0.2, 0.25) is 0 Å². The van der Waals surface area contributed by atoms with Crippen LogP contribution in [0.5, 0.6) is 0 Å². The molecule has 0 radical (unpaired) electrons. The first kappa shape index (κ1) is 45.1. The zero-order valence-corrected chi connectivity index (χ0v) is 45.6. The standard InChI is InChI=1S/C68H65BN2OS/c1-38-28-40(3)60(41(4)29-38)44-32-47-46-31-42-18-13-14-19-43(42)33-55(46)71(53-21-17-23-59-61(53)45-20-15-16-22-58(45)73-59)69-62(47)56(34-44)70(54-36-51-49(30-39(54)2)65(5,6)24-26-67(51,9)10)63-48-35-50-52(37-57(48)72-64(63)69)68(11,12)27-25-66(50,7)8/h13-23,28-37H,24-27H2,1-12H3. The summed E-state index contributed by atoms with van der Waals surface area (Å²) in [6.07, 6.45) is 4.60. The van der Waals surface area contributed by atoms with E-state index in [-0.39, 0.29) is 28.5 Å². The Morgan fingerprint density at radius 3 is 1.79 bits per heavy atom. The van der Waals surface area contributed by atoms with Crippen molar-refractivity contribution in [2.24, 2.45) is 0 Å². The molecule has 0 atom stereocenters. The molecule has 0 unspecified atom stereocenters. The molecule has 73 heavy (non-hydrogen) atoms. The van der Waals surface area contributed by atoms with Crippen LogP contribution in [0.3, 0.4) is 0 Å². The number of hydrogen-bond donors (Lipinski definition) is 0. The van der Waals surface area contributed by atoms with Crippen molar-refractivity contribution in [1.29, 1.82) is 0 Å². The lowest BCUT2D eigenvalue weighted by molar-refractivity contribution is 0.332. The lowest BCUT2D eigenvalue weighted by Gasteiger charge is -2.46. The van der Waals surface area contributed by atoms with Crippen LogP contribution in [0, 0.1) is 27.7 Å². The van der Waals surface area contributed by atoms with Crippen LogP contribution >= 0.6 is 11.3 Å². The van der Waals surface area contributed by atoms with Gasteiger partial charge in [-0.1, -0.05) is 128 Å². The summed E-state index contributed by atoms with van der Waals surface area (Å²) in [6.45, 7) is 28.6. The predicted molar refractivity (Wildman–Crippen MR) is 315 cm³/mol. The topological polar surface area (TPSA) is 19.6 Å². The Bertz CT molecular complexity index is 4040. The Balaban J connectivity index is 1.19. The van der Waals surface area contributed by atoms with E-state index in [9.17, 15) is 0 Å². The van der Waals surface area contributed by atoms with Gasteiger partial charge in [0.15, 0.2) is 0 Å². The van der Waals surface area contributed by atoms with E-state index in [2.05, 4.69) is 220 Å². The Morgan fingerprint density at radius 2 is 1.10 bits per heavy atom. The van der Waals surface area contributed by atoms with Gasteiger partial charge in [0.05, 0.1) is 5.69 Å². The maximum absolute atomic E-state index is 7.87. The Hall–Kier alpha value is -6.56. The van der Waals surface area contributed by atoms with Crippen molar-refractivity contribution in [2.75, 3.05) is 9.71 Å². The molecule has 8 aromatic carbocycles. The van der Waals surface area contributed by atoms with Gasteiger partial charge in [0.1, 0.15) is 11.2 Å². The average Bonchev–Trinajstić information content (AvgIpc) is 3.93. The second-order valence-electron chi connectivity index (χ2n) is 25.2. The van der Waals surface area contributed by atoms with E-state index < -0.39 is 0 Å². The molecule has 3 nitrogen and oxygen atoms in total. The third-order valence-corrected chi connectivity index (χ3v) is 19.6. The average molecular weight is 969 g/mol. The number of anilines is 5. The third-order valence-electron chi connectivity index (χ3n) is 18.5.